The summed E-state index contributed by atoms with van der Waals surface area (Å²) in [5.41, 5.74) is 1.05. The fourth-order valence-electron chi connectivity index (χ4n) is 1.28. The van der Waals surface area contributed by atoms with E-state index < -0.39 is 12.0 Å². The maximum absolute atomic E-state index is 11.4. The van der Waals surface area contributed by atoms with Gasteiger partial charge in [0.1, 0.15) is 6.04 Å². The molecule has 0 aromatic heterocycles. The quantitative estimate of drug-likeness (QED) is 0.873. The number of carbonyl (C=O) groups excluding carboxylic acids is 1. The zero-order valence-electron chi connectivity index (χ0n) is 9.44. The van der Waals surface area contributed by atoms with Crippen LogP contribution in [0.5, 0.6) is 0 Å². The third kappa shape index (κ3) is 4.99. The van der Waals surface area contributed by atoms with Crippen LogP contribution in [-0.4, -0.2) is 23.0 Å². The molecule has 17 heavy (non-hydrogen) atoms. The summed E-state index contributed by atoms with van der Waals surface area (Å²) in [6, 6.07) is 6.84. The van der Waals surface area contributed by atoms with Gasteiger partial charge in [0.2, 0.25) is 5.91 Å². The van der Waals surface area contributed by atoms with Crippen molar-refractivity contribution in [3.63, 3.8) is 0 Å². The zero-order chi connectivity index (χ0) is 12.8. The van der Waals surface area contributed by atoms with Gasteiger partial charge in [0.05, 0.1) is 0 Å². The Morgan fingerprint density at radius 3 is 2.47 bits per heavy atom. The number of benzene rings is 1. The Balaban J connectivity index is 2.38. The fraction of sp³-hybridized carbons (Fsp3) is 0.333. The smallest absolute Gasteiger partial charge is 0.325 e. The van der Waals surface area contributed by atoms with Gasteiger partial charge in [-0.25, -0.2) is 0 Å². The van der Waals surface area contributed by atoms with Crippen LogP contribution in [0.4, 0.5) is 0 Å². The summed E-state index contributed by atoms with van der Waals surface area (Å²) >= 11 is 3.33. The van der Waals surface area contributed by atoms with Gasteiger partial charge in [-0.3, -0.25) is 9.59 Å². The number of carboxylic acids is 1. The molecule has 0 unspecified atom stereocenters. The number of carboxylic acid groups (broad SMARTS) is 1. The van der Waals surface area contributed by atoms with E-state index in [9.17, 15) is 9.59 Å². The lowest BCUT2D eigenvalue weighted by molar-refractivity contribution is -0.141. The van der Waals surface area contributed by atoms with E-state index >= 15 is 0 Å². The number of hydrogen-bond acceptors (Lipinski definition) is 2. The summed E-state index contributed by atoms with van der Waals surface area (Å²) in [5.74, 6) is -1.27. The second kappa shape index (κ2) is 6.39. The average Bonchev–Trinajstić information content (AvgIpc) is 2.28. The van der Waals surface area contributed by atoms with Crippen LogP contribution in [0.15, 0.2) is 28.7 Å². The summed E-state index contributed by atoms with van der Waals surface area (Å²) < 4.78 is 0.991. The van der Waals surface area contributed by atoms with E-state index in [2.05, 4.69) is 21.2 Å². The molecule has 0 aliphatic heterocycles. The van der Waals surface area contributed by atoms with Crippen molar-refractivity contribution in [1.82, 2.24) is 5.32 Å². The molecule has 0 aliphatic carbocycles. The molecular weight excluding hydrogens is 286 g/mol. The Kier molecular flexibility index (Phi) is 5.15. The second-order valence-electron chi connectivity index (χ2n) is 3.75. The lowest BCUT2D eigenvalue weighted by Crippen LogP contribution is -2.38. The first-order valence-electron chi connectivity index (χ1n) is 5.25. The number of aliphatic carboxylic acids is 1. The van der Waals surface area contributed by atoms with Crippen LogP contribution in [0.3, 0.4) is 0 Å². The van der Waals surface area contributed by atoms with Crippen molar-refractivity contribution in [2.24, 2.45) is 0 Å². The highest BCUT2D eigenvalue weighted by atomic mass is 79.9. The Morgan fingerprint density at radius 1 is 1.35 bits per heavy atom. The number of hydrogen-bond donors (Lipinski definition) is 2. The van der Waals surface area contributed by atoms with Crippen LogP contribution in [0, 0.1) is 0 Å². The molecule has 1 aromatic carbocycles. The van der Waals surface area contributed by atoms with Crippen molar-refractivity contribution < 1.29 is 14.7 Å². The standard InChI is InChI=1S/C12H14BrNO3/c1-8(12(16)17)14-11(15)7-4-9-2-5-10(13)6-3-9/h2-3,5-6,8H,4,7H2,1H3,(H,14,15)(H,16,17)/t8-/m0/s1. The molecule has 4 nitrogen and oxygen atoms in total. The predicted molar refractivity (Wildman–Crippen MR) is 67.7 cm³/mol. The lowest BCUT2D eigenvalue weighted by Gasteiger charge is -2.08. The summed E-state index contributed by atoms with van der Waals surface area (Å²) in [7, 11) is 0. The van der Waals surface area contributed by atoms with E-state index in [1.54, 1.807) is 0 Å². The minimum atomic E-state index is -1.03. The van der Waals surface area contributed by atoms with E-state index in [0.29, 0.717) is 12.8 Å². The first-order valence-corrected chi connectivity index (χ1v) is 6.05. The highest BCUT2D eigenvalue weighted by Gasteiger charge is 2.13. The molecule has 1 amide bonds. The highest BCUT2D eigenvalue weighted by Crippen LogP contribution is 2.11. The molecule has 0 heterocycles. The van der Waals surface area contributed by atoms with Crippen molar-refractivity contribution in [1.29, 1.82) is 0 Å². The van der Waals surface area contributed by atoms with Crippen LogP contribution in [-0.2, 0) is 16.0 Å². The van der Waals surface area contributed by atoms with Crippen LogP contribution in [0.1, 0.15) is 18.9 Å². The van der Waals surface area contributed by atoms with E-state index in [-0.39, 0.29) is 5.91 Å². The van der Waals surface area contributed by atoms with Crippen molar-refractivity contribution in [3.8, 4) is 0 Å². The SMILES string of the molecule is C[C@H](NC(=O)CCc1ccc(Br)cc1)C(=O)O. The lowest BCUT2D eigenvalue weighted by atomic mass is 10.1. The summed E-state index contributed by atoms with van der Waals surface area (Å²) in [4.78, 5) is 21.9. The van der Waals surface area contributed by atoms with E-state index in [1.807, 2.05) is 24.3 Å². The van der Waals surface area contributed by atoms with Crippen LogP contribution in [0.25, 0.3) is 0 Å². The summed E-state index contributed by atoms with van der Waals surface area (Å²) in [6.45, 7) is 1.44. The number of aryl methyl sites for hydroxylation is 1. The molecule has 0 radical (unpaired) electrons. The van der Waals surface area contributed by atoms with E-state index in [4.69, 9.17) is 5.11 Å². The van der Waals surface area contributed by atoms with Gasteiger partial charge in [-0.05, 0) is 31.0 Å². The predicted octanol–water partition coefficient (Wildman–Crippen LogP) is 1.97. The first-order chi connectivity index (χ1) is 7.99. The molecule has 0 spiro atoms. The summed E-state index contributed by atoms with van der Waals surface area (Å²) in [6.07, 6.45) is 0.894. The van der Waals surface area contributed by atoms with Crippen LogP contribution >= 0.6 is 15.9 Å². The molecule has 1 atom stereocenters. The number of halogens is 1. The molecule has 5 heteroatoms. The van der Waals surface area contributed by atoms with Gasteiger partial charge in [0, 0.05) is 10.9 Å². The third-order valence-corrected chi connectivity index (χ3v) is 2.83. The highest BCUT2D eigenvalue weighted by molar-refractivity contribution is 9.10. The van der Waals surface area contributed by atoms with Crippen molar-refractivity contribution in [2.45, 2.75) is 25.8 Å². The molecule has 0 aliphatic rings. The topological polar surface area (TPSA) is 66.4 Å². The van der Waals surface area contributed by atoms with Crippen LogP contribution < -0.4 is 5.32 Å². The molecular formula is C12H14BrNO3. The second-order valence-corrected chi connectivity index (χ2v) is 4.67. The zero-order valence-corrected chi connectivity index (χ0v) is 11.0. The van der Waals surface area contributed by atoms with Crippen molar-refractivity contribution in [2.75, 3.05) is 0 Å². The van der Waals surface area contributed by atoms with Gasteiger partial charge in [0.25, 0.3) is 0 Å². The molecule has 1 aromatic rings. The van der Waals surface area contributed by atoms with Gasteiger partial charge in [-0.15, -0.1) is 0 Å². The Morgan fingerprint density at radius 2 is 1.94 bits per heavy atom. The third-order valence-electron chi connectivity index (χ3n) is 2.30. The molecule has 0 saturated heterocycles. The molecule has 1 rings (SSSR count). The number of rotatable bonds is 5. The van der Waals surface area contributed by atoms with Gasteiger partial charge in [-0.2, -0.15) is 0 Å². The number of amides is 1. The maximum Gasteiger partial charge on any atom is 0.325 e. The monoisotopic (exact) mass is 299 g/mol. The molecule has 0 bridgehead atoms. The Labute approximate surface area is 108 Å². The number of nitrogens with one attached hydrogen (secondary N) is 1. The minimum Gasteiger partial charge on any atom is -0.480 e. The van der Waals surface area contributed by atoms with Gasteiger partial charge >= 0.3 is 5.97 Å². The largest absolute Gasteiger partial charge is 0.480 e. The number of carbonyl (C=O) groups is 2. The molecule has 0 saturated carbocycles. The van der Waals surface area contributed by atoms with Gasteiger partial charge in [0.15, 0.2) is 0 Å². The van der Waals surface area contributed by atoms with Crippen LogP contribution in [0.2, 0.25) is 0 Å². The summed E-state index contributed by atoms with van der Waals surface area (Å²) in [5, 5.41) is 11.0. The molecule has 0 fully saturated rings. The van der Waals surface area contributed by atoms with Crippen molar-refractivity contribution >= 4 is 27.8 Å². The van der Waals surface area contributed by atoms with Crippen molar-refractivity contribution in [3.05, 3.63) is 34.3 Å². The normalized spacial score (nSPS) is 11.9. The van der Waals surface area contributed by atoms with E-state index in [1.165, 1.54) is 6.92 Å². The fourth-order valence-corrected chi connectivity index (χ4v) is 1.55. The van der Waals surface area contributed by atoms with Gasteiger partial charge in [-0.1, -0.05) is 28.1 Å². The average molecular weight is 300 g/mol. The van der Waals surface area contributed by atoms with Gasteiger partial charge < -0.3 is 10.4 Å². The molecule has 92 valence electrons. The molecule has 2 N–H and O–H groups in total. The van der Waals surface area contributed by atoms with E-state index in [0.717, 1.165) is 10.0 Å². The first kappa shape index (κ1) is 13.7. The minimum absolute atomic E-state index is 0.247. The Hall–Kier alpha value is -1.36. The Bertz CT molecular complexity index is 403. The maximum atomic E-state index is 11.4.